The first-order chi connectivity index (χ1) is 16.9. The van der Waals surface area contributed by atoms with Crippen LogP contribution >= 0.6 is 0 Å². The largest absolute Gasteiger partial charge is 0.485 e. The van der Waals surface area contributed by atoms with Crippen LogP contribution in [0, 0.1) is 0 Å². The first-order valence-corrected chi connectivity index (χ1v) is 13.5. The zero-order valence-electron chi connectivity index (χ0n) is 19.7. The second-order valence-corrected chi connectivity index (χ2v) is 10.2. The molecule has 184 valence electrons. The summed E-state index contributed by atoms with van der Waals surface area (Å²) in [5.74, 6) is 1.44. The van der Waals surface area contributed by atoms with E-state index in [1.165, 1.54) is 32.1 Å². The lowest BCUT2D eigenvalue weighted by Crippen LogP contribution is -2.23. The quantitative estimate of drug-likeness (QED) is 0.415. The molecule has 4 aromatic rings. The van der Waals surface area contributed by atoms with Crippen LogP contribution in [0.4, 0.5) is 5.95 Å². The number of pyridine rings is 1. The number of anilines is 1. The van der Waals surface area contributed by atoms with Crippen molar-refractivity contribution in [3.63, 3.8) is 0 Å². The maximum absolute atomic E-state index is 9.41. The highest BCUT2D eigenvalue weighted by atomic mass is 32.2. The van der Waals surface area contributed by atoms with Crippen molar-refractivity contribution in [3.05, 3.63) is 72.7 Å². The summed E-state index contributed by atoms with van der Waals surface area (Å²) in [6.07, 6.45) is 12.8. The third-order valence-electron chi connectivity index (χ3n) is 5.59. The molecule has 0 bridgehead atoms. The predicted octanol–water partition coefficient (Wildman–Crippen LogP) is 4.02. The minimum Gasteiger partial charge on any atom is -0.485 e. The summed E-state index contributed by atoms with van der Waals surface area (Å²) < 4.78 is 26.9. The van der Waals surface area contributed by atoms with Gasteiger partial charge >= 0.3 is 0 Å². The van der Waals surface area contributed by atoms with Crippen LogP contribution in [-0.2, 0) is 16.6 Å². The van der Waals surface area contributed by atoms with Gasteiger partial charge in [-0.3, -0.25) is 4.40 Å². The van der Waals surface area contributed by atoms with Crippen molar-refractivity contribution in [1.82, 2.24) is 19.4 Å². The van der Waals surface area contributed by atoms with Gasteiger partial charge in [-0.05, 0) is 36.6 Å². The number of sulfonamides is 1. The fraction of sp³-hybridized carbons (Fsp3) is 0.320. The van der Waals surface area contributed by atoms with E-state index in [0.717, 1.165) is 34.6 Å². The smallest absolute Gasteiger partial charge is 0.223 e. The van der Waals surface area contributed by atoms with Crippen LogP contribution in [0.2, 0.25) is 0 Å². The summed E-state index contributed by atoms with van der Waals surface area (Å²) in [4.78, 5) is 13.8. The van der Waals surface area contributed by atoms with E-state index in [4.69, 9.17) is 9.72 Å². The Morgan fingerprint density at radius 2 is 1.80 bits per heavy atom. The minimum atomic E-state index is -3.17. The molecule has 10 heteroatoms. The van der Waals surface area contributed by atoms with Gasteiger partial charge < -0.3 is 10.1 Å². The Labute approximate surface area is 205 Å². The average Bonchev–Trinajstić information content (AvgIpc) is 3.28. The van der Waals surface area contributed by atoms with Gasteiger partial charge in [0.05, 0.1) is 23.8 Å². The van der Waals surface area contributed by atoms with E-state index in [2.05, 4.69) is 32.6 Å². The van der Waals surface area contributed by atoms with E-state index in [9.17, 15) is 8.42 Å². The molecule has 3 aromatic heterocycles. The monoisotopic (exact) mass is 494 g/mol. The summed E-state index contributed by atoms with van der Waals surface area (Å²) >= 11 is 0. The van der Waals surface area contributed by atoms with Crippen molar-refractivity contribution in [2.24, 2.45) is 5.14 Å². The van der Waals surface area contributed by atoms with Crippen molar-refractivity contribution in [1.29, 1.82) is 0 Å². The van der Waals surface area contributed by atoms with Crippen molar-refractivity contribution >= 4 is 21.6 Å². The summed E-state index contributed by atoms with van der Waals surface area (Å²) in [5, 5.41) is 7.83. The number of primary sulfonamides is 1. The number of nitrogens with one attached hydrogen (secondary N) is 1. The molecule has 1 saturated carbocycles. The molecular weight excluding hydrogens is 464 g/mol. The van der Waals surface area contributed by atoms with Crippen LogP contribution in [0.25, 0.3) is 17.0 Å². The third-order valence-corrected chi connectivity index (χ3v) is 5.59. The number of ether oxygens (including phenoxy) is 1. The molecule has 0 amide bonds. The van der Waals surface area contributed by atoms with Gasteiger partial charge in [-0.2, -0.15) is 0 Å². The molecule has 9 nitrogen and oxygen atoms in total. The van der Waals surface area contributed by atoms with Crippen molar-refractivity contribution < 1.29 is 13.2 Å². The Balaban J connectivity index is 0.000000527. The molecule has 0 spiro atoms. The van der Waals surface area contributed by atoms with E-state index < -0.39 is 10.0 Å². The van der Waals surface area contributed by atoms with Crippen LogP contribution < -0.4 is 15.2 Å². The summed E-state index contributed by atoms with van der Waals surface area (Å²) in [7, 11) is -3.17. The SMILES string of the molecule is CS(N)(=O)=O.c1ccc(COc2cccn3c(-c4ccnc(NC5CCCCC5)n4)cnc23)cc1. The lowest BCUT2D eigenvalue weighted by Gasteiger charge is -2.22. The standard InChI is InChI=1S/C24H25N5O.CH5NO2S/c1-3-8-18(9-4-1)17-30-22-12-7-15-29-21(16-26-23(22)29)20-13-14-25-24(28-20)27-19-10-5-2-6-11-19;1-5(2,3)4/h1,3-4,7-9,12-16,19H,2,5-6,10-11,17H2,(H,25,27,28);1H3,(H2,2,3,4). The molecule has 0 unspecified atom stereocenters. The topological polar surface area (TPSA) is 124 Å². The van der Waals surface area contributed by atoms with Crippen LogP contribution in [0.5, 0.6) is 5.75 Å². The Morgan fingerprint density at radius 1 is 1.06 bits per heavy atom. The van der Waals surface area contributed by atoms with Gasteiger partial charge in [-0.25, -0.2) is 28.5 Å². The zero-order chi connectivity index (χ0) is 24.7. The second-order valence-electron chi connectivity index (χ2n) is 8.56. The van der Waals surface area contributed by atoms with E-state index >= 15 is 0 Å². The lowest BCUT2D eigenvalue weighted by atomic mass is 9.96. The fourth-order valence-corrected chi connectivity index (χ4v) is 4.02. The number of hydrogen-bond donors (Lipinski definition) is 2. The number of hydrogen-bond acceptors (Lipinski definition) is 7. The summed E-state index contributed by atoms with van der Waals surface area (Å²) in [6.45, 7) is 0.506. The Bertz CT molecular complexity index is 1340. The molecule has 1 fully saturated rings. The summed E-state index contributed by atoms with van der Waals surface area (Å²) in [6, 6.07) is 16.5. The molecule has 3 N–H and O–H groups in total. The van der Waals surface area contributed by atoms with Gasteiger partial charge in [0.25, 0.3) is 0 Å². The Morgan fingerprint density at radius 3 is 2.54 bits per heavy atom. The van der Waals surface area contributed by atoms with Crippen molar-refractivity contribution in [2.75, 3.05) is 11.6 Å². The molecular formula is C25H30N6O3S. The van der Waals surface area contributed by atoms with Gasteiger partial charge in [0.2, 0.25) is 16.0 Å². The van der Waals surface area contributed by atoms with Gasteiger partial charge in [-0.1, -0.05) is 49.6 Å². The number of nitrogens with zero attached hydrogens (tertiary/aromatic N) is 4. The van der Waals surface area contributed by atoms with Crippen molar-refractivity contribution in [3.8, 4) is 17.1 Å². The maximum Gasteiger partial charge on any atom is 0.223 e. The second kappa shape index (κ2) is 11.3. The van der Waals surface area contributed by atoms with Crippen LogP contribution in [0.15, 0.2) is 67.1 Å². The highest BCUT2D eigenvalue weighted by Crippen LogP contribution is 2.26. The molecule has 1 aliphatic rings. The Kier molecular flexibility index (Phi) is 7.94. The summed E-state index contributed by atoms with van der Waals surface area (Å²) in [5.41, 5.74) is 3.67. The molecule has 0 aliphatic heterocycles. The number of nitrogens with two attached hydrogens (primary N) is 1. The number of benzene rings is 1. The maximum atomic E-state index is 9.41. The van der Waals surface area contributed by atoms with Gasteiger partial charge in [0, 0.05) is 18.4 Å². The van der Waals surface area contributed by atoms with E-state index in [1.807, 2.05) is 59.4 Å². The van der Waals surface area contributed by atoms with Crippen LogP contribution in [-0.4, -0.2) is 40.1 Å². The molecule has 3 heterocycles. The van der Waals surface area contributed by atoms with Crippen LogP contribution in [0.1, 0.15) is 37.7 Å². The molecule has 0 radical (unpaired) electrons. The highest BCUT2D eigenvalue weighted by Gasteiger charge is 2.16. The van der Waals surface area contributed by atoms with Crippen molar-refractivity contribution in [2.45, 2.75) is 44.8 Å². The van der Waals surface area contributed by atoms with Gasteiger partial charge in [-0.15, -0.1) is 0 Å². The van der Waals surface area contributed by atoms with Gasteiger partial charge in [0.1, 0.15) is 6.61 Å². The van der Waals surface area contributed by atoms with E-state index in [0.29, 0.717) is 18.6 Å². The van der Waals surface area contributed by atoms with Gasteiger partial charge in [0.15, 0.2) is 11.4 Å². The molecule has 0 saturated heterocycles. The third kappa shape index (κ3) is 7.24. The Hall–Kier alpha value is -3.50. The first kappa shape index (κ1) is 24.6. The number of imidazole rings is 1. The normalized spacial score (nSPS) is 14.2. The molecule has 0 atom stereocenters. The number of aromatic nitrogens is 4. The molecule has 1 aliphatic carbocycles. The minimum absolute atomic E-state index is 0.467. The highest BCUT2D eigenvalue weighted by molar-refractivity contribution is 7.88. The molecule has 35 heavy (non-hydrogen) atoms. The number of fused-ring (bicyclic) bond motifs is 1. The fourth-order valence-electron chi connectivity index (χ4n) is 4.02. The van der Waals surface area contributed by atoms with E-state index in [-0.39, 0.29) is 0 Å². The molecule has 5 rings (SSSR count). The van der Waals surface area contributed by atoms with Crippen LogP contribution in [0.3, 0.4) is 0 Å². The van der Waals surface area contributed by atoms with E-state index in [1.54, 1.807) is 0 Å². The first-order valence-electron chi connectivity index (χ1n) is 11.6. The lowest BCUT2D eigenvalue weighted by molar-refractivity contribution is 0.308. The average molecular weight is 495 g/mol. The zero-order valence-corrected chi connectivity index (χ0v) is 20.5. The molecule has 1 aromatic carbocycles. The predicted molar refractivity (Wildman–Crippen MR) is 137 cm³/mol. The number of rotatable bonds is 6.